The summed E-state index contributed by atoms with van der Waals surface area (Å²) in [6, 6.07) is 6.67. The first-order valence-electron chi connectivity index (χ1n) is 9.08. The van der Waals surface area contributed by atoms with Crippen LogP contribution in [0.25, 0.3) is 11.1 Å². The summed E-state index contributed by atoms with van der Waals surface area (Å²) in [6.07, 6.45) is 3.55. The lowest BCUT2D eigenvalue weighted by Crippen LogP contribution is -2.26. The predicted molar refractivity (Wildman–Crippen MR) is 97.4 cm³/mol. The molecule has 0 unspecified atom stereocenters. The maximum Gasteiger partial charge on any atom is 0.128 e. The molecule has 0 bridgehead atoms. The van der Waals surface area contributed by atoms with Crippen LogP contribution in [0.4, 0.5) is 8.78 Å². The van der Waals surface area contributed by atoms with Crippen LogP contribution in [-0.2, 0) is 17.8 Å². The van der Waals surface area contributed by atoms with Gasteiger partial charge < -0.3 is 9.47 Å². The van der Waals surface area contributed by atoms with Gasteiger partial charge in [-0.05, 0) is 60.7 Å². The SMILES string of the molecule is CCC(C)=CCc1cc2c(cc1F)-c1cc(C3COC3)c(F)cc1CO2. The van der Waals surface area contributed by atoms with Crippen molar-refractivity contribution < 1.29 is 18.3 Å². The summed E-state index contributed by atoms with van der Waals surface area (Å²) in [5.74, 6) is 0.260. The summed E-state index contributed by atoms with van der Waals surface area (Å²) >= 11 is 0. The quantitative estimate of drug-likeness (QED) is 0.670. The third-order valence-corrected chi connectivity index (χ3v) is 5.35. The second kappa shape index (κ2) is 6.84. The molecule has 4 rings (SSSR count). The Hall–Kier alpha value is -2.20. The van der Waals surface area contributed by atoms with Crippen molar-refractivity contribution in [2.24, 2.45) is 0 Å². The van der Waals surface area contributed by atoms with E-state index in [4.69, 9.17) is 9.47 Å². The highest BCUT2D eigenvalue weighted by Crippen LogP contribution is 2.41. The lowest BCUT2D eigenvalue weighted by molar-refractivity contribution is 0.00703. The molecule has 0 amide bonds. The number of ether oxygens (including phenoxy) is 2. The summed E-state index contributed by atoms with van der Waals surface area (Å²) in [5.41, 5.74) is 4.82. The van der Waals surface area contributed by atoms with Crippen LogP contribution in [0, 0.1) is 11.6 Å². The van der Waals surface area contributed by atoms with Crippen molar-refractivity contribution in [3.8, 4) is 16.9 Å². The summed E-state index contributed by atoms with van der Waals surface area (Å²) in [4.78, 5) is 0. The minimum absolute atomic E-state index is 0.0814. The van der Waals surface area contributed by atoms with E-state index in [-0.39, 0.29) is 17.6 Å². The number of halogens is 2. The Kier molecular flexibility index (Phi) is 4.53. The molecule has 2 aromatic rings. The van der Waals surface area contributed by atoms with Crippen LogP contribution >= 0.6 is 0 Å². The van der Waals surface area contributed by atoms with Gasteiger partial charge in [0.1, 0.15) is 24.0 Å². The molecule has 0 aliphatic carbocycles. The summed E-state index contributed by atoms with van der Waals surface area (Å²) in [7, 11) is 0. The first-order chi connectivity index (χ1) is 12.6. The number of fused-ring (bicyclic) bond motifs is 3. The Morgan fingerprint density at radius 3 is 2.62 bits per heavy atom. The molecule has 2 aromatic carbocycles. The van der Waals surface area contributed by atoms with Crippen LogP contribution in [0.2, 0.25) is 0 Å². The summed E-state index contributed by atoms with van der Waals surface area (Å²) in [6.45, 7) is 5.50. The zero-order valence-electron chi connectivity index (χ0n) is 15.1. The topological polar surface area (TPSA) is 18.5 Å². The van der Waals surface area contributed by atoms with E-state index in [1.165, 1.54) is 17.7 Å². The normalized spacial score (nSPS) is 16.5. The average Bonchev–Trinajstić information content (AvgIpc) is 2.59. The van der Waals surface area contributed by atoms with E-state index >= 15 is 0 Å². The average molecular weight is 356 g/mol. The Morgan fingerprint density at radius 2 is 1.92 bits per heavy atom. The molecule has 136 valence electrons. The van der Waals surface area contributed by atoms with Crippen LogP contribution < -0.4 is 4.74 Å². The second-order valence-electron chi connectivity index (χ2n) is 7.10. The van der Waals surface area contributed by atoms with Gasteiger partial charge in [-0.2, -0.15) is 0 Å². The Balaban J connectivity index is 1.74. The standard InChI is InChI=1S/C22H22F2O2/c1-3-13(2)4-5-14-7-22-19(9-20(14)23)17-8-18(16-10-25-11-16)21(24)6-15(17)12-26-22/h4,6-9,16H,3,5,10-12H2,1-2H3. The van der Waals surface area contributed by atoms with Crippen LogP contribution in [0.15, 0.2) is 35.9 Å². The molecule has 0 spiro atoms. The van der Waals surface area contributed by atoms with Gasteiger partial charge in [0.25, 0.3) is 0 Å². The van der Waals surface area contributed by atoms with E-state index in [1.807, 2.05) is 19.1 Å². The number of hydrogen-bond donors (Lipinski definition) is 0. The molecule has 0 saturated carbocycles. The summed E-state index contributed by atoms with van der Waals surface area (Å²) in [5, 5.41) is 0. The molecule has 2 aliphatic heterocycles. The largest absolute Gasteiger partial charge is 0.488 e. The van der Waals surface area contributed by atoms with E-state index in [9.17, 15) is 8.78 Å². The molecule has 2 nitrogen and oxygen atoms in total. The molecule has 2 aliphatic rings. The maximum atomic E-state index is 14.7. The Labute approximate surface area is 152 Å². The minimum atomic E-state index is -0.252. The number of hydrogen-bond acceptors (Lipinski definition) is 2. The van der Waals surface area contributed by atoms with Gasteiger partial charge in [-0.25, -0.2) is 8.78 Å². The van der Waals surface area contributed by atoms with E-state index in [0.29, 0.717) is 48.7 Å². The minimum Gasteiger partial charge on any atom is -0.488 e. The van der Waals surface area contributed by atoms with Crippen LogP contribution in [0.3, 0.4) is 0 Å². The van der Waals surface area contributed by atoms with Gasteiger partial charge in [-0.15, -0.1) is 0 Å². The van der Waals surface area contributed by atoms with Crippen molar-refractivity contribution in [3.05, 3.63) is 64.2 Å². The molecular weight excluding hydrogens is 334 g/mol. The van der Waals surface area contributed by atoms with Crippen LogP contribution in [0.1, 0.15) is 42.9 Å². The second-order valence-corrected chi connectivity index (χ2v) is 7.10. The highest BCUT2D eigenvalue weighted by molar-refractivity contribution is 5.76. The van der Waals surface area contributed by atoms with Gasteiger partial charge >= 0.3 is 0 Å². The molecular formula is C22H22F2O2. The highest BCUT2D eigenvalue weighted by atomic mass is 19.1. The van der Waals surface area contributed by atoms with Crippen molar-refractivity contribution in [3.63, 3.8) is 0 Å². The van der Waals surface area contributed by atoms with Crippen LogP contribution in [0.5, 0.6) is 5.75 Å². The van der Waals surface area contributed by atoms with E-state index in [1.54, 1.807) is 6.07 Å². The molecule has 2 heterocycles. The molecule has 0 atom stereocenters. The molecule has 1 saturated heterocycles. The van der Waals surface area contributed by atoms with Gasteiger partial charge in [-0.3, -0.25) is 0 Å². The summed E-state index contributed by atoms with van der Waals surface area (Å²) < 4.78 is 40.0. The fraction of sp³-hybridized carbons (Fsp3) is 0.364. The van der Waals surface area contributed by atoms with Crippen LogP contribution in [-0.4, -0.2) is 13.2 Å². The molecule has 0 N–H and O–H groups in total. The van der Waals surface area contributed by atoms with E-state index in [0.717, 1.165) is 17.5 Å². The van der Waals surface area contributed by atoms with Crippen molar-refractivity contribution in [1.82, 2.24) is 0 Å². The lowest BCUT2D eigenvalue weighted by Gasteiger charge is -2.29. The lowest BCUT2D eigenvalue weighted by atomic mass is 9.88. The fourth-order valence-electron chi connectivity index (χ4n) is 3.40. The Morgan fingerprint density at radius 1 is 1.12 bits per heavy atom. The van der Waals surface area contributed by atoms with Gasteiger partial charge in [0.05, 0.1) is 13.2 Å². The third-order valence-electron chi connectivity index (χ3n) is 5.35. The highest BCUT2D eigenvalue weighted by Gasteiger charge is 2.27. The Bertz CT molecular complexity index is 882. The van der Waals surface area contributed by atoms with Crippen molar-refractivity contribution in [1.29, 1.82) is 0 Å². The predicted octanol–water partition coefficient (Wildman–Crippen LogP) is 5.54. The number of allylic oxidation sites excluding steroid dienone is 2. The monoisotopic (exact) mass is 356 g/mol. The zero-order chi connectivity index (χ0) is 18.3. The molecule has 26 heavy (non-hydrogen) atoms. The van der Waals surface area contributed by atoms with Crippen molar-refractivity contribution in [2.45, 2.75) is 39.2 Å². The van der Waals surface area contributed by atoms with E-state index < -0.39 is 0 Å². The third kappa shape index (κ3) is 3.03. The zero-order valence-corrected chi connectivity index (χ0v) is 15.1. The van der Waals surface area contributed by atoms with Crippen molar-refractivity contribution in [2.75, 3.05) is 13.2 Å². The number of rotatable bonds is 4. The fourth-order valence-corrected chi connectivity index (χ4v) is 3.40. The molecule has 4 heteroatoms. The maximum absolute atomic E-state index is 14.7. The molecule has 0 aromatic heterocycles. The van der Waals surface area contributed by atoms with E-state index in [2.05, 4.69) is 6.92 Å². The number of benzene rings is 2. The van der Waals surface area contributed by atoms with Gasteiger partial charge in [0.2, 0.25) is 0 Å². The van der Waals surface area contributed by atoms with Crippen molar-refractivity contribution >= 4 is 0 Å². The van der Waals surface area contributed by atoms with Gasteiger partial charge in [-0.1, -0.05) is 18.6 Å². The molecule has 1 fully saturated rings. The molecule has 0 radical (unpaired) electrons. The first kappa shape index (κ1) is 17.2. The first-order valence-corrected chi connectivity index (χ1v) is 9.08. The smallest absolute Gasteiger partial charge is 0.128 e. The van der Waals surface area contributed by atoms with Gasteiger partial charge in [0.15, 0.2) is 0 Å². The van der Waals surface area contributed by atoms with Gasteiger partial charge in [0, 0.05) is 17.0 Å².